The number of alkyl carbamates (subject to hydrolysis) is 1. The Morgan fingerprint density at radius 3 is 2.47 bits per heavy atom. The van der Waals surface area contributed by atoms with Crippen LogP contribution in [0.4, 0.5) is 10.5 Å². The summed E-state index contributed by atoms with van der Waals surface area (Å²) in [6, 6.07) is 7.41. The summed E-state index contributed by atoms with van der Waals surface area (Å²) in [6.45, 7) is 5.42. The van der Waals surface area contributed by atoms with E-state index in [0.29, 0.717) is 18.9 Å². The van der Waals surface area contributed by atoms with E-state index in [1.807, 2.05) is 24.3 Å². The molecule has 1 saturated carbocycles. The third-order valence-electron chi connectivity index (χ3n) is 5.00. The third-order valence-corrected chi connectivity index (χ3v) is 5.00. The van der Waals surface area contributed by atoms with Gasteiger partial charge in [0.1, 0.15) is 12.1 Å². The van der Waals surface area contributed by atoms with Crippen LogP contribution in [0.2, 0.25) is 0 Å². The minimum Gasteiger partial charge on any atom is -0.444 e. The highest BCUT2D eigenvalue weighted by Gasteiger charge is 2.17. The van der Waals surface area contributed by atoms with E-state index in [-0.39, 0.29) is 18.4 Å². The summed E-state index contributed by atoms with van der Waals surface area (Å²) in [5.41, 5.74) is 0.981. The van der Waals surface area contributed by atoms with Crippen molar-refractivity contribution in [3.05, 3.63) is 29.8 Å². The first kappa shape index (κ1) is 23.7. The minimum absolute atomic E-state index is 0.0309. The zero-order valence-electron chi connectivity index (χ0n) is 18.4. The van der Waals surface area contributed by atoms with Gasteiger partial charge in [-0.3, -0.25) is 9.59 Å². The quantitative estimate of drug-likeness (QED) is 0.593. The van der Waals surface area contributed by atoms with Gasteiger partial charge >= 0.3 is 6.09 Å². The summed E-state index contributed by atoms with van der Waals surface area (Å²) in [4.78, 5) is 35.8. The molecule has 30 heavy (non-hydrogen) atoms. The second kappa shape index (κ2) is 11.6. The van der Waals surface area contributed by atoms with Crippen molar-refractivity contribution in [3.8, 4) is 0 Å². The van der Waals surface area contributed by atoms with Crippen LogP contribution >= 0.6 is 0 Å². The zero-order valence-corrected chi connectivity index (χ0v) is 18.4. The Labute approximate surface area is 179 Å². The van der Waals surface area contributed by atoms with Crippen molar-refractivity contribution < 1.29 is 19.1 Å². The normalized spacial score (nSPS) is 14.6. The Balaban J connectivity index is 1.70. The highest BCUT2D eigenvalue weighted by atomic mass is 16.6. The number of benzene rings is 1. The van der Waals surface area contributed by atoms with Crippen LogP contribution in [-0.2, 0) is 20.9 Å². The van der Waals surface area contributed by atoms with Crippen LogP contribution in [0.3, 0.4) is 0 Å². The van der Waals surface area contributed by atoms with E-state index in [0.717, 1.165) is 17.7 Å². The van der Waals surface area contributed by atoms with Gasteiger partial charge < -0.3 is 20.7 Å². The number of rotatable bonds is 8. The predicted octanol–water partition coefficient (Wildman–Crippen LogP) is 4.13. The van der Waals surface area contributed by atoms with Gasteiger partial charge in [0.25, 0.3) is 0 Å². The number of nitrogens with one attached hydrogen (secondary N) is 3. The lowest BCUT2D eigenvalue weighted by Crippen LogP contribution is -2.39. The van der Waals surface area contributed by atoms with Crippen LogP contribution in [0, 0.1) is 5.92 Å². The van der Waals surface area contributed by atoms with Crippen LogP contribution in [0.1, 0.15) is 71.3 Å². The molecule has 1 fully saturated rings. The predicted molar refractivity (Wildman–Crippen MR) is 117 cm³/mol. The Morgan fingerprint density at radius 1 is 1.03 bits per heavy atom. The summed E-state index contributed by atoms with van der Waals surface area (Å²) >= 11 is 0. The maximum atomic E-state index is 12.2. The van der Waals surface area contributed by atoms with Gasteiger partial charge in [-0.25, -0.2) is 4.79 Å². The molecule has 1 aromatic rings. The van der Waals surface area contributed by atoms with Crippen molar-refractivity contribution in [2.45, 2.75) is 77.9 Å². The molecule has 0 heterocycles. The van der Waals surface area contributed by atoms with Gasteiger partial charge in [-0.15, -0.1) is 0 Å². The Bertz CT molecular complexity index is 721. The van der Waals surface area contributed by atoms with E-state index in [2.05, 4.69) is 16.0 Å². The lowest BCUT2D eigenvalue weighted by atomic mass is 9.86. The van der Waals surface area contributed by atoms with Crippen LogP contribution in [-0.4, -0.2) is 30.1 Å². The van der Waals surface area contributed by atoms with Crippen molar-refractivity contribution in [2.75, 3.05) is 11.9 Å². The van der Waals surface area contributed by atoms with E-state index < -0.39 is 11.7 Å². The van der Waals surface area contributed by atoms with Gasteiger partial charge in [0.2, 0.25) is 11.8 Å². The molecule has 7 nitrogen and oxygen atoms in total. The highest BCUT2D eigenvalue weighted by Crippen LogP contribution is 2.27. The Kier molecular flexibility index (Phi) is 9.15. The van der Waals surface area contributed by atoms with Crippen LogP contribution < -0.4 is 16.0 Å². The Morgan fingerprint density at radius 2 is 1.77 bits per heavy atom. The van der Waals surface area contributed by atoms with Crippen molar-refractivity contribution >= 4 is 23.6 Å². The molecule has 0 aromatic heterocycles. The molecule has 1 aromatic carbocycles. The van der Waals surface area contributed by atoms with Crippen LogP contribution in [0.25, 0.3) is 0 Å². The van der Waals surface area contributed by atoms with E-state index in [1.54, 1.807) is 20.8 Å². The molecule has 0 aliphatic heterocycles. The molecule has 1 aliphatic carbocycles. The lowest BCUT2D eigenvalue weighted by molar-refractivity contribution is -0.120. The van der Waals surface area contributed by atoms with Gasteiger partial charge in [0.05, 0.1) is 0 Å². The molecule has 1 aliphatic rings. The first-order chi connectivity index (χ1) is 14.2. The summed E-state index contributed by atoms with van der Waals surface area (Å²) in [5, 5.41) is 8.11. The second-order valence-corrected chi connectivity index (χ2v) is 8.92. The largest absolute Gasteiger partial charge is 0.444 e. The zero-order chi connectivity index (χ0) is 22.0. The highest BCUT2D eigenvalue weighted by molar-refractivity contribution is 5.90. The maximum Gasteiger partial charge on any atom is 0.408 e. The van der Waals surface area contributed by atoms with Crippen molar-refractivity contribution in [3.63, 3.8) is 0 Å². The molecule has 0 unspecified atom stereocenters. The number of anilines is 1. The standard InChI is InChI=1S/C23H35N3O4/c1-23(2,3)30-22(29)25-16-21(28)24-15-18-10-7-11-19(14-18)26-20(27)13-12-17-8-5-4-6-9-17/h7,10-11,14,17H,4-6,8-9,12-13,15-16H2,1-3H3,(H,24,28)(H,25,29)(H,26,27). The van der Waals surface area contributed by atoms with Gasteiger partial charge in [-0.2, -0.15) is 0 Å². The number of hydrogen-bond acceptors (Lipinski definition) is 4. The molecule has 3 amide bonds. The van der Waals surface area contributed by atoms with Crippen LogP contribution in [0.15, 0.2) is 24.3 Å². The molecule has 0 spiro atoms. The van der Waals surface area contributed by atoms with Gasteiger partial charge in [0, 0.05) is 18.7 Å². The molecule has 0 saturated heterocycles. The number of amides is 3. The third kappa shape index (κ3) is 9.76. The molecule has 3 N–H and O–H groups in total. The van der Waals surface area contributed by atoms with Crippen molar-refractivity contribution in [2.24, 2.45) is 5.92 Å². The van der Waals surface area contributed by atoms with Crippen LogP contribution in [0.5, 0.6) is 0 Å². The summed E-state index contributed by atoms with van der Waals surface area (Å²) in [5.74, 6) is 0.395. The van der Waals surface area contributed by atoms with E-state index in [1.165, 1.54) is 32.1 Å². The number of carbonyl (C=O) groups excluding carboxylic acids is 3. The average Bonchev–Trinajstić information content (AvgIpc) is 2.69. The monoisotopic (exact) mass is 417 g/mol. The molecule has 7 heteroatoms. The summed E-state index contributed by atoms with van der Waals surface area (Å²) in [6.07, 6.45) is 7.24. The van der Waals surface area contributed by atoms with E-state index in [9.17, 15) is 14.4 Å². The maximum absolute atomic E-state index is 12.2. The molecular weight excluding hydrogens is 382 g/mol. The fourth-order valence-corrected chi connectivity index (χ4v) is 3.52. The van der Waals surface area contributed by atoms with Gasteiger partial charge in [-0.1, -0.05) is 44.2 Å². The lowest BCUT2D eigenvalue weighted by Gasteiger charge is -2.21. The second-order valence-electron chi connectivity index (χ2n) is 8.92. The molecule has 0 atom stereocenters. The number of ether oxygens (including phenoxy) is 1. The molecule has 0 radical (unpaired) electrons. The number of hydrogen-bond donors (Lipinski definition) is 3. The van der Waals surface area contributed by atoms with Gasteiger partial charge in [0.15, 0.2) is 0 Å². The smallest absolute Gasteiger partial charge is 0.408 e. The van der Waals surface area contributed by atoms with Crippen molar-refractivity contribution in [1.29, 1.82) is 0 Å². The molecular formula is C23H35N3O4. The SMILES string of the molecule is CC(C)(C)OC(=O)NCC(=O)NCc1cccc(NC(=O)CCC2CCCCC2)c1. The van der Waals surface area contributed by atoms with E-state index in [4.69, 9.17) is 4.74 Å². The number of carbonyl (C=O) groups is 3. The first-order valence-corrected chi connectivity index (χ1v) is 10.8. The summed E-state index contributed by atoms with van der Waals surface area (Å²) < 4.78 is 5.09. The first-order valence-electron chi connectivity index (χ1n) is 10.8. The minimum atomic E-state index is -0.629. The topological polar surface area (TPSA) is 96.5 Å². The van der Waals surface area contributed by atoms with Crippen molar-refractivity contribution in [1.82, 2.24) is 10.6 Å². The molecule has 166 valence electrons. The average molecular weight is 418 g/mol. The Hall–Kier alpha value is -2.57. The van der Waals surface area contributed by atoms with E-state index >= 15 is 0 Å². The fraction of sp³-hybridized carbons (Fsp3) is 0.609. The molecule has 2 rings (SSSR count). The molecule has 0 bridgehead atoms. The van der Waals surface area contributed by atoms with Gasteiger partial charge in [-0.05, 0) is 50.8 Å². The fourth-order valence-electron chi connectivity index (χ4n) is 3.52. The summed E-state index contributed by atoms with van der Waals surface area (Å²) in [7, 11) is 0.